The molecule has 0 unspecified atom stereocenters. The molecule has 5 nitrogen and oxygen atoms in total. The van der Waals surface area contributed by atoms with E-state index in [1.807, 2.05) is 30.3 Å². The third-order valence-corrected chi connectivity index (χ3v) is 7.01. The maximum absolute atomic E-state index is 13.0. The molecule has 0 amide bonds. The van der Waals surface area contributed by atoms with Gasteiger partial charge in [0.2, 0.25) is 5.92 Å². The highest BCUT2D eigenvalue weighted by molar-refractivity contribution is 9.10. The largest absolute Gasteiger partial charge is 0.489 e. The lowest BCUT2D eigenvalue weighted by molar-refractivity contribution is 0.000258. The fourth-order valence-electron chi connectivity index (χ4n) is 4.49. The fraction of sp³-hybridized carbons (Fsp3) is 0.520. The highest BCUT2D eigenvalue weighted by Crippen LogP contribution is 2.38. The summed E-state index contributed by atoms with van der Waals surface area (Å²) in [6, 6.07) is 12.1. The van der Waals surface area contributed by atoms with Crippen molar-refractivity contribution in [1.82, 2.24) is 15.2 Å². The van der Waals surface area contributed by atoms with Crippen molar-refractivity contribution in [3.05, 3.63) is 40.9 Å². The van der Waals surface area contributed by atoms with Crippen molar-refractivity contribution in [1.29, 1.82) is 0 Å². The van der Waals surface area contributed by atoms with Crippen LogP contribution in [0.2, 0.25) is 0 Å². The van der Waals surface area contributed by atoms with Gasteiger partial charge in [-0.3, -0.25) is 0 Å². The maximum atomic E-state index is 13.0. The van der Waals surface area contributed by atoms with Crippen LogP contribution in [0.4, 0.5) is 8.78 Å². The Labute approximate surface area is 201 Å². The number of aromatic amines is 1. The highest BCUT2D eigenvalue weighted by atomic mass is 79.9. The summed E-state index contributed by atoms with van der Waals surface area (Å²) in [7, 11) is 0. The second-order valence-corrected chi connectivity index (χ2v) is 10.1. The highest BCUT2D eigenvalue weighted by Gasteiger charge is 2.25. The molecule has 1 aliphatic heterocycles. The number of alkyl halides is 2. The van der Waals surface area contributed by atoms with Gasteiger partial charge in [0.05, 0.1) is 15.4 Å². The zero-order chi connectivity index (χ0) is 23.4. The molecule has 1 atom stereocenters. The van der Waals surface area contributed by atoms with Crippen LogP contribution in [-0.4, -0.2) is 66.3 Å². The molecule has 1 fully saturated rings. The van der Waals surface area contributed by atoms with E-state index in [1.54, 1.807) is 0 Å². The van der Waals surface area contributed by atoms with Gasteiger partial charge in [0.1, 0.15) is 18.5 Å². The Kier molecular flexibility index (Phi) is 7.89. The number of H-pyrrole nitrogens is 1. The molecule has 180 valence electrons. The van der Waals surface area contributed by atoms with E-state index in [9.17, 15) is 13.9 Å². The van der Waals surface area contributed by atoms with Crippen molar-refractivity contribution in [3.8, 4) is 5.75 Å². The lowest BCUT2D eigenvalue weighted by Gasteiger charge is -2.32. The van der Waals surface area contributed by atoms with Gasteiger partial charge >= 0.3 is 0 Å². The van der Waals surface area contributed by atoms with Crippen LogP contribution in [0.25, 0.3) is 21.8 Å². The van der Waals surface area contributed by atoms with Crippen LogP contribution < -0.4 is 10.1 Å². The lowest BCUT2D eigenvalue weighted by atomic mass is 9.96. The molecular formula is C25H32BrF2N3O2. The minimum Gasteiger partial charge on any atom is -0.489 e. The number of likely N-dealkylation sites (tertiary alicyclic amines) is 1. The first kappa shape index (κ1) is 24.4. The number of aliphatic hydroxyl groups excluding tert-OH is 1. The molecule has 4 rings (SSSR count). The Morgan fingerprint density at radius 2 is 1.97 bits per heavy atom. The fourth-order valence-corrected chi connectivity index (χ4v) is 4.93. The number of halogens is 3. The van der Waals surface area contributed by atoms with Crippen LogP contribution in [0.15, 0.2) is 40.9 Å². The van der Waals surface area contributed by atoms with E-state index in [0.717, 1.165) is 71.4 Å². The summed E-state index contributed by atoms with van der Waals surface area (Å²) < 4.78 is 33.0. The molecule has 0 spiro atoms. The van der Waals surface area contributed by atoms with E-state index >= 15 is 0 Å². The summed E-state index contributed by atoms with van der Waals surface area (Å²) >= 11 is 3.59. The SMILES string of the molecule is CC(F)(F)CCN1CCC(CNC[C@H](O)COc2c(Br)ccc3[nH]c4ccccc4c23)CC1. The number of benzene rings is 2. The van der Waals surface area contributed by atoms with E-state index in [-0.39, 0.29) is 13.0 Å². The Morgan fingerprint density at radius 1 is 1.21 bits per heavy atom. The third kappa shape index (κ3) is 6.44. The van der Waals surface area contributed by atoms with Crippen LogP contribution >= 0.6 is 15.9 Å². The van der Waals surface area contributed by atoms with E-state index < -0.39 is 12.0 Å². The van der Waals surface area contributed by atoms with Crippen molar-refractivity contribution in [2.75, 3.05) is 39.3 Å². The standard InChI is InChI=1S/C25H32BrF2N3O2/c1-25(27,28)10-13-31-11-8-17(9-12-31)14-29-15-18(32)16-33-24-20(26)6-7-22-23(24)19-4-2-3-5-21(19)30-22/h2-7,17-18,29-30,32H,8-16H2,1H3/t18-/m0/s1. The van der Waals surface area contributed by atoms with Gasteiger partial charge in [0, 0.05) is 30.4 Å². The first-order valence-electron chi connectivity index (χ1n) is 11.6. The van der Waals surface area contributed by atoms with Gasteiger partial charge in [-0.1, -0.05) is 18.2 Å². The van der Waals surface area contributed by atoms with Gasteiger partial charge in [0.25, 0.3) is 0 Å². The van der Waals surface area contributed by atoms with Crippen molar-refractivity contribution in [3.63, 3.8) is 0 Å². The predicted octanol–water partition coefficient (Wildman–Crippen LogP) is 5.17. The number of aliphatic hydroxyl groups is 1. The van der Waals surface area contributed by atoms with E-state index in [4.69, 9.17) is 4.74 Å². The molecule has 0 bridgehead atoms. The van der Waals surface area contributed by atoms with Crippen molar-refractivity contribution >= 4 is 37.7 Å². The molecule has 8 heteroatoms. The van der Waals surface area contributed by atoms with Crippen molar-refractivity contribution in [2.24, 2.45) is 5.92 Å². The zero-order valence-corrected chi connectivity index (χ0v) is 20.5. The first-order valence-corrected chi connectivity index (χ1v) is 12.4. The molecule has 33 heavy (non-hydrogen) atoms. The van der Waals surface area contributed by atoms with Gasteiger partial charge in [0.15, 0.2) is 0 Å². The van der Waals surface area contributed by atoms with Crippen LogP contribution in [0.3, 0.4) is 0 Å². The average Bonchev–Trinajstić information content (AvgIpc) is 3.16. The number of para-hydroxylation sites is 1. The average molecular weight is 524 g/mol. The number of ether oxygens (including phenoxy) is 1. The number of piperidine rings is 1. The Morgan fingerprint density at radius 3 is 2.73 bits per heavy atom. The van der Waals surface area contributed by atoms with Gasteiger partial charge in [-0.05, 0) is 79.4 Å². The van der Waals surface area contributed by atoms with Gasteiger partial charge < -0.3 is 25.0 Å². The maximum Gasteiger partial charge on any atom is 0.246 e. The predicted molar refractivity (Wildman–Crippen MR) is 132 cm³/mol. The van der Waals surface area contributed by atoms with Crippen LogP contribution in [0, 0.1) is 5.92 Å². The van der Waals surface area contributed by atoms with Crippen molar-refractivity contribution < 1.29 is 18.6 Å². The smallest absolute Gasteiger partial charge is 0.246 e. The second kappa shape index (κ2) is 10.7. The summed E-state index contributed by atoms with van der Waals surface area (Å²) in [4.78, 5) is 5.53. The van der Waals surface area contributed by atoms with E-state index in [0.29, 0.717) is 19.0 Å². The van der Waals surface area contributed by atoms with Gasteiger partial charge in [-0.15, -0.1) is 0 Å². The summed E-state index contributed by atoms with van der Waals surface area (Å²) in [5.41, 5.74) is 2.04. The quantitative estimate of drug-likeness (QED) is 0.343. The Balaban J connectivity index is 1.23. The molecule has 1 aliphatic rings. The number of aromatic nitrogens is 1. The molecular weight excluding hydrogens is 492 g/mol. The number of rotatable bonds is 10. The minimum atomic E-state index is -2.59. The van der Waals surface area contributed by atoms with Crippen LogP contribution in [0.5, 0.6) is 5.75 Å². The Bertz CT molecular complexity index is 1060. The molecule has 2 heterocycles. The molecule has 0 saturated carbocycles. The molecule has 1 aromatic heterocycles. The molecule has 3 N–H and O–H groups in total. The number of nitrogens with zero attached hydrogens (tertiary/aromatic N) is 1. The van der Waals surface area contributed by atoms with Gasteiger partial charge in [-0.25, -0.2) is 8.78 Å². The van der Waals surface area contributed by atoms with Crippen molar-refractivity contribution in [2.45, 2.75) is 38.2 Å². The number of fused-ring (bicyclic) bond motifs is 3. The summed E-state index contributed by atoms with van der Waals surface area (Å²) in [6.45, 7) is 4.61. The number of nitrogens with one attached hydrogen (secondary N) is 2. The third-order valence-electron chi connectivity index (χ3n) is 6.38. The molecule has 0 radical (unpaired) electrons. The van der Waals surface area contributed by atoms with E-state index in [2.05, 4.69) is 37.2 Å². The normalized spacial score (nSPS) is 17.1. The molecule has 2 aromatic carbocycles. The van der Waals surface area contributed by atoms with Crippen LogP contribution in [0.1, 0.15) is 26.2 Å². The first-order chi connectivity index (χ1) is 15.8. The summed E-state index contributed by atoms with van der Waals surface area (Å²) in [6.07, 6.45) is 1.27. The molecule has 1 saturated heterocycles. The van der Waals surface area contributed by atoms with Crippen LogP contribution in [-0.2, 0) is 0 Å². The lowest BCUT2D eigenvalue weighted by Crippen LogP contribution is -2.40. The second-order valence-electron chi connectivity index (χ2n) is 9.20. The molecule has 0 aliphatic carbocycles. The minimum absolute atomic E-state index is 0.0789. The summed E-state index contributed by atoms with van der Waals surface area (Å²) in [5.74, 6) is -1.36. The molecule has 3 aromatic rings. The Hall–Kier alpha value is -1.74. The number of hydrogen-bond acceptors (Lipinski definition) is 4. The number of hydrogen-bond donors (Lipinski definition) is 3. The topological polar surface area (TPSA) is 60.5 Å². The van der Waals surface area contributed by atoms with E-state index in [1.165, 1.54) is 0 Å². The summed E-state index contributed by atoms with van der Waals surface area (Å²) in [5, 5.41) is 15.9. The monoisotopic (exact) mass is 523 g/mol. The van der Waals surface area contributed by atoms with Gasteiger partial charge in [-0.2, -0.15) is 0 Å². The zero-order valence-electron chi connectivity index (χ0n) is 18.9.